The molecule has 3 aliphatic carbocycles. The molecule has 0 saturated heterocycles. The van der Waals surface area contributed by atoms with Crippen LogP contribution >= 0.6 is 0 Å². The fraction of sp³-hybridized carbons (Fsp3) is 0.100. The van der Waals surface area contributed by atoms with Crippen LogP contribution in [0.15, 0.2) is 217 Å². The van der Waals surface area contributed by atoms with Gasteiger partial charge in [-0.3, -0.25) is 0 Å². The van der Waals surface area contributed by atoms with E-state index in [0.29, 0.717) is 0 Å². The molecule has 1 spiro atoms. The molecule has 8 aromatic rings. The molecule has 61 heavy (non-hydrogen) atoms. The minimum absolute atomic E-state index is 0.592. The van der Waals surface area contributed by atoms with Crippen molar-refractivity contribution in [3.63, 3.8) is 0 Å². The van der Waals surface area contributed by atoms with E-state index in [2.05, 4.69) is 218 Å². The minimum atomic E-state index is -0.592. The molecule has 0 amide bonds. The van der Waals surface area contributed by atoms with Gasteiger partial charge < -0.3 is 4.90 Å². The summed E-state index contributed by atoms with van der Waals surface area (Å²) >= 11 is 0. The first-order valence-corrected chi connectivity index (χ1v) is 21.9. The number of nitrogens with zero attached hydrogens (tertiary/aromatic N) is 1. The number of anilines is 3. The Hall–Kier alpha value is -7.22. The SMILES string of the molecule is Cc1cccc(N2c3ccccc3C3(c4cc(/C5=C6\C=CCC\C6=C\C/C=C\C=C/C5)ccc4-c4ccc(-c5c6ccccc6cc6ccccc56)cc43)c3ccccc32)c1. The first-order chi connectivity index (χ1) is 30.2. The normalized spacial score (nSPS) is 19.0. The largest absolute Gasteiger partial charge is 0.310 e. The molecule has 1 aliphatic heterocycles. The van der Waals surface area contributed by atoms with Crippen LogP contribution in [0.25, 0.3) is 49.4 Å². The van der Waals surface area contributed by atoms with Gasteiger partial charge in [-0.1, -0.05) is 164 Å². The molecule has 290 valence electrons. The van der Waals surface area contributed by atoms with E-state index in [1.54, 1.807) is 0 Å². The van der Waals surface area contributed by atoms with Crippen molar-refractivity contribution in [3.8, 4) is 22.3 Å². The van der Waals surface area contributed by atoms with Gasteiger partial charge in [0.2, 0.25) is 0 Å². The fourth-order valence-electron chi connectivity index (χ4n) is 11.1. The Morgan fingerprint density at radius 3 is 1.89 bits per heavy atom. The lowest BCUT2D eigenvalue weighted by Gasteiger charge is -2.45. The van der Waals surface area contributed by atoms with Crippen LogP contribution in [0.3, 0.4) is 0 Å². The van der Waals surface area contributed by atoms with E-state index >= 15 is 0 Å². The quantitative estimate of drug-likeness (QED) is 0.161. The van der Waals surface area contributed by atoms with Crippen LogP contribution in [0.4, 0.5) is 17.1 Å². The van der Waals surface area contributed by atoms with Crippen molar-refractivity contribution < 1.29 is 0 Å². The third-order valence-electron chi connectivity index (χ3n) is 13.6. The number of rotatable bonds is 3. The minimum Gasteiger partial charge on any atom is -0.310 e. The number of benzene rings is 8. The molecule has 0 atom stereocenters. The lowest BCUT2D eigenvalue weighted by molar-refractivity contribution is 0.752. The van der Waals surface area contributed by atoms with Crippen LogP contribution in [0.1, 0.15) is 59.1 Å². The number of fused-ring (bicyclic) bond motifs is 12. The average molecular weight is 780 g/mol. The summed E-state index contributed by atoms with van der Waals surface area (Å²) in [6.45, 7) is 2.19. The van der Waals surface area contributed by atoms with E-state index in [1.165, 1.54) is 111 Å². The molecule has 0 aromatic heterocycles. The molecule has 0 radical (unpaired) electrons. The van der Waals surface area contributed by atoms with Gasteiger partial charge in [0, 0.05) is 5.69 Å². The molecule has 12 rings (SSSR count). The number of hydrogen-bond donors (Lipinski definition) is 0. The molecule has 0 fully saturated rings. The highest BCUT2D eigenvalue weighted by Gasteiger charge is 2.52. The van der Waals surface area contributed by atoms with Gasteiger partial charge in [0.15, 0.2) is 0 Å². The van der Waals surface area contributed by atoms with Gasteiger partial charge in [-0.05, 0) is 169 Å². The smallest absolute Gasteiger partial charge is 0.0754 e. The Balaban J connectivity index is 1.19. The Bertz CT molecular complexity index is 3170. The van der Waals surface area contributed by atoms with Crippen molar-refractivity contribution in [1.82, 2.24) is 0 Å². The Morgan fingerprint density at radius 2 is 1.16 bits per heavy atom. The van der Waals surface area contributed by atoms with Crippen molar-refractivity contribution in [2.24, 2.45) is 0 Å². The Kier molecular flexibility index (Phi) is 8.32. The summed E-state index contributed by atoms with van der Waals surface area (Å²) in [5, 5.41) is 5.08. The van der Waals surface area contributed by atoms with Crippen LogP contribution in [0.5, 0.6) is 0 Å². The molecular weight excluding hydrogens is 735 g/mol. The van der Waals surface area contributed by atoms with E-state index in [0.717, 1.165) is 25.7 Å². The third kappa shape index (κ3) is 5.47. The Morgan fingerprint density at radius 1 is 0.525 bits per heavy atom. The molecular formula is C60H45N. The lowest BCUT2D eigenvalue weighted by atomic mass is 9.64. The van der Waals surface area contributed by atoms with Crippen LogP contribution in [-0.2, 0) is 5.41 Å². The number of hydrogen-bond acceptors (Lipinski definition) is 1. The van der Waals surface area contributed by atoms with Crippen molar-refractivity contribution >= 4 is 44.2 Å². The predicted molar refractivity (Wildman–Crippen MR) is 258 cm³/mol. The van der Waals surface area contributed by atoms with Crippen molar-refractivity contribution in [1.29, 1.82) is 0 Å². The number of para-hydroxylation sites is 2. The first-order valence-electron chi connectivity index (χ1n) is 21.9. The topological polar surface area (TPSA) is 3.24 Å². The highest BCUT2D eigenvalue weighted by atomic mass is 15.2. The van der Waals surface area contributed by atoms with E-state index in [9.17, 15) is 0 Å². The van der Waals surface area contributed by atoms with Gasteiger partial charge in [0.25, 0.3) is 0 Å². The van der Waals surface area contributed by atoms with E-state index in [1.807, 2.05) is 0 Å². The summed E-state index contributed by atoms with van der Waals surface area (Å²) in [6.07, 6.45) is 20.2. The summed E-state index contributed by atoms with van der Waals surface area (Å²) in [6, 6.07) is 62.3. The van der Waals surface area contributed by atoms with E-state index in [4.69, 9.17) is 0 Å². The first kappa shape index (κ1) is 35.7. The standard InChI is InChI=1S/C60H45N/c1-40-18-17-23-46(36-40)61-57-30-15-13-28-53(57)60(54-29-14-16-31-58(54)61)55-38-44(48-24-6-4-2-3-5-19-41-20-7-10-25-47(41)48)32-34-51(55)52-35-33-45(39-56(52)60)59-49-26-11-8-21-42(49)37-43-22-9-12-27-50(43)59/h2-4,6,8-19,21-23,25-39H,5,7,20,24H2,1H3/b3-2-,6-4-,41-19-,48-47+. The number of aryl methyl sites for hydroxylation is 1. The van der Waals surface area contributed by atoms with Crippen LogP contribution in [0, 0.1) is 6.92 Å². The maximum atomic E-state index is 2.58. The Labute approximate surface area is 358 Å². The maximum absolute atomic E-state index is 2.58. The molecule has 0 bridgehead atoms. The second kappa shape index (κ2) is 14.2. The molecule has 1 nitrogen and oxygen atoms in total. The van der Waals surface area contributed by atoms with Gasteiger partial charge >= 0.3 is 0 Å². The molecule has 4 aliphatic rings. The van der Waals surface area contributed by atoms with Crippen molar-refractivity contribution in [3.05, 3.63) is 251 Å². The third-order valence-corrected chi connectivity index (χ3v) is 13.6. The molecule has 0 unspecified atom stereocenters. The van der Waals surface area contributed by atoms with Crippen LogP contribution in [0.2, 0.25) is 0 Å². The zero-order valence-corrected chi connectivity index (χ0v) is 34.4. The fourth-order valence-corrected chi connectivity index (χ4v) is 11.1. The van der Waals surface area contributed by atoms with Crippen LogP contribution in [-0.4, -0.2) is 0 Å². The number of allylic oxidation sites excluding steroid dienone is 10. The summed E-state index contributed by atoms with van der Waals surface area (Å²) in [4.78, 5) is 2.50. The summed E-state index contributed by atoms with van der Waals surface area (Å²) < 4.78 is 0. The van der Waals surface area contributed by atoms with Crippen molar-refractivity contribution in [2.45, 2.75) is 38.0 Å². The van der Waals surface area contributed by atoms with Crippen molar-refractivity contribution in [2.75, 3.05) is 4.90 Å². The predicted octanol–water partition coefficient (Wildman–Crippen LogP) is 16.1. The highest BCUT2D eigenvalue weighted by Crippen LogP contribution is 2.64. The molecule has 1 heterocycles. The van der Waals surface area contributed by atoms with Crippen LogP contribution < -0.4 is 4.90 Å². The second-order valence-electron chi connectivity index (χ2n) is 17.0. The average Bonchev–Trinajstić information content (AvgIpc) is 3.59. The maximum Gasteiger partial charge on any atom is 0.0754 e. The van der Waals surface area contributed by atoms with E-state index in [-0.39, 0.29) is 0 Å². The van der Waals surface area contributed by atoms with Gasteiger partial charge in [-0.2, -0.15) is 0 Å². The molecule has 0 saturated carbocycles. The molecule has 0 N–H and O–H groups in total. The molecule has 8 aromatic carbocycles. The van der Waals surface area contributed by atoms with Gasteiger partial charge in [0.05, 0.1) is 16.8 Å². The van der Waals surface area contributed by atoms with Gasteiger partial charge in [0.1, 0.15) is 0 Å². The monoisotopic (exact) mass is 779 g/mol. The zero-order valence-electron chi connectivity index (χ0n) is 34.4. The highest BCUT2D eigenvalue weighted by molar-refractivity contribution is 6.13. The lowest BCUT2D eigenvalue weighted by Crippen LogP contribution is -2.36. The van der Waals surface area contributed by atoms with Gasteiger partial charge in [-0.25, -0.2) is 0 Å². The molecule has 1 heteroatoms. The zero-order chi connectivity index (χ0) is 40.5. The summed E-state index contributed by atoms with van der Waals surface area (Å²) in [5.41, 5.74) is 20.2. The summed E-state index contributed by atoms with van der Waals surface area (Å²) in [5.74, 6) is 0. The summed E-state index contributed by atoms with van der Waals surface area (Å²) in [7, 11) is 0. The van der Waals surface area contributed by atoms with E-state index < -0.39 is 5.41 Å². The van der Waals surface area contributed by atoms with Gasteiger partial charge in [-0.15, -0.1) is 0 Å². The second-order valence-corrected chi connectivity index (χ2v) is 17.0.